The van der Waals surface area contributed by atoms with Gasteiger partial charge in [-0.15, -0.1) is 0 Å². The third-order valence-corrected chi connectivity index (χ3v) is 6.29. The Labute approximate surface area is 175 Å². The minimum absolute atomic E-state index is 0.0613. The number of nitrogens with zero attached hydrogens (tertiary/aromatic N) is 4. The lowest BCUT2D eigenvalue weighted by Crippen LogP contribution is -2.49. The van der Waals surface area contributed by atoms with Crippen molar-refractivity contribution in [3.05, 3.63) is 23.9 Å². The summed E-state index contributed by atoms with van der Waals surface area (Å²) in [6.07, 6.45) is 4.11. The molecule has 0 saturated carbocycles. The number of hydrogen-bond donors (Lipinski definition) is 0. The van der Waals surface area contributed by atoms with Gasteiger partial charge >= 0.3 is 0 Å². The molecule has 6 nitrogen and oxygen atoms in total. The predicted octanol–water partition coefficient (Wildman–Crippen LogP) is 2.73. The van der Waals surface area contributed by atoms with Gasteiger partial charge in [-0.05, 0) is 44.4 Å². The van der Waals surface area contributed by atoms with Crippen molar-refractivity contribution in [3.63, 3.8) is 0 Å². The minimum Gasteiger partial charge on any atom is -0.356 e. The summed E-state index contributed by atoms with van der Waals surface area (Å²) >= 11 is 0. The molecule has 0 N–H and O–H groups in total. The minimum atomic E-state index is -0.243. The molecule has 1 aromatic rings. The second kappa shape index (κ2) is 9.35. The standard InChI is InChI=1S/C23H36N4O2/c1-18(28)20-5-6-22(24-15-20)27-10-8-19(16-27)7-9-25-11-13-26(14-12-25)17-21(29)23(2,3)4/h5-6,15,19H,7-14,16-17H2,1-4H3. The Morgan fingerprint density at radius 3 is 2.34 bits per heavy atom. The van der Waals surface area contributed by atoms with Crippen molar-refractivity contribution in [1.29, 1.82) is 0 Å². The molecule has 0 amide bonds. The zero-order chi connectivity index (χ0) is 21.0. The first-order chi connectivity index (χ1) is 13.7. The smallest absolute Gasteiger partial charge is 0.161 e. The molecule has 0 radical (unpaired) electrons. The molecule has 6 heteroatoms. The van der Waals surface area contributed by atoms with Crippen LogP contribution < -0.4 is 4.90 Å². The number of anilines is 1. The van der Waals surface area contributed by atoms with Crippen molar-refractivity contribution >= 4 is 17.4 Å². The van der Waals surface area contributed by atoms with Gasteiger partial charge in [0.05, 0.1) is 6.54 Å². The van der Waals surface area contributed by atoms with E-state index in [9.17, 15) is 9.59 Å². The first kappa shape index (κ1) is 21.9. The van der Waals surface area contributed by atoms with Crippen molar-refractivity contribution in [2.45, 2.75) is 40.5 Å². The fourth-order valence-corrected chi connectivity index (χ4v) is 4.03. The van der Waals surface area contributed by atoms with Crippen LogP contribution in [0.15, 0.2) is 18.3 Å². The van der Waals surface area contributed by atoms with Crippen molar-refractivity contribution in [1.82, 2.24) is 14.8 Å². The molecule has 160 valence electrons. The van der Waals surface area contributed by atoms with Gasteiger partial charge in [0.15, 0.2) is 11.6 Å². The Hall–Kier alpha value is -1.79. The van der Waals surface area contributed by atoms with Crippen molar-refractivity contribution in [3.8, 4) is 0 Å². The van der Waals surface area contributed by atoms with Gasteiger partial charge in [-0.3, -0.25) is 14.5 Å². The largest absolute Gasteiger partial charge is 0.356 e. The third kappa shape index (κ3) is 6.09. The van der Waals surface area contributed by atoms with E-state index in [1.54, 1.807) is 13.1 Å². The molecule has 3 heterocycles. The monoisotopic (exact) mass is 400 g/mol. The molecular formula is C23H36N4O2. The number of pyridine rings is 1. The van der Waals surface area contributed by atoms with Gasteiger partial charge in [-0.25, -0.2) is 4.98 Å². The number of rotatable bonds is 7. The second-order valence-electron chi connectivity index (χ2n) is 9.64. The molecule has 0 bridgehead atoms. The zero-order valence-electron chi connectivity index (χ0n) is 18.5. The number of aromatic nitrogens is 1. The lowest BCUT2D eigenvalue weighted by molar-refractivity contribution is -0.127. The molecule has 1 unspecified atom stereocenters. The van der Waals surface area contributed by atoms with E-state index in [1.165, 1.54) is 12.8 Å². The summed E-state index contributed by atoms with van der Waals surface area (Å²) in [6.45, 7) is 15.5. The van der Waals surface area contributed by atoms with Crippen LogP contribution in [-0.4, -0.2) is 78.7 Å². The molecular weight excluding hydrogens is 364 g/mol. The first-order valence-corrected chi connectivity index (χ1v) is 10.9. The van der Waals surface area contributed by atoms with E-state index in [4.69, 9.17) is 0 Å². The Kier molecular flexibility index (Phi) is 7.06. The molecule has 29 heavy (non-hydrogen) atoms. The quantitative estimate of drug-likeness (QED) is 0.656. The molecule has 3 rings (SSSR count). The maximum atomic E-state index is 12.2. The van der Waals surface area contributed by atoms with Crippen LogP contribution in [0.3, 0.4) is 0 Å². The van der Waals surface area contributed by atoms with Crippen LogP contribution in [0.4, 0.5) is 5.82 Å². The van der Waals surface area contributed by atoms with Crippen molar-refractivity contribution < 1.29 is 9.59 Å². The molecule has 2 fully saturated rings. The van der Waals surface area contributed by atoms with Gasteiger partial charge in [0.2, 0.25) is 0 Å². The second-order valence-corrected chi connectivity index (χ2v) is 9.64. The number of piperazine rings is 1. The van der Waals surface area contributed by atoms with Crippen LogP contribution in [0, 0.1) is 11.3 Å². The Balaban J connectivity index is 1.37. The topological polar surface area (TPSA) is 56.8 Å². The number of Topliss-reactive ketones (excluding diaryl/α,β-unsaturated/α-hetero) is 2. The Morgan fingerprint density at radius 2 is 1.76 bits per heavy atom. The fourth-order valence-electron chi connectivity index (χ4n) is 4.03. The number of hydrogen-bond acceptors (Lipinski definition) is 6. The van der Waals surface area contributed by atoms with Gasteiger partial charge in [-0.1, -0.05) is 20.8 Å². The van der Waals surface area contributed by atoms with Crippen LogP contribution in [0.25, 0.3) is 0 Å². The lowest BCUT2D eigenvalue weighted by atomic mass is 9.90. The highest BCUT2D eigenvalue weighted by Crippen LogP contribution is 2.25. The number of carbonyl (C=O) groups excluding carboxylic acids is 2. The van der Waals surface area contributed by atoms with Crippen LogP contribution in [0.5, 0.6) is 0 Å². The van der Waals surface area contributed by atoms with Gasteiger partial charge < -0.3 is 9.80 Å². The average molecular weight is 401 g/mol. The van der Waals surface area contributed by atoms with Crippen LogP contribution >= 0.6 is 0 Å². The van der Waals surface area contributed by atoms with E-state index in [2.05, 4.69) is 19.7 Å². The number of carbonyl (C=O) groups is 2. The van der Waals surface area contributed by atoms with Gasteiger partial charge in [0.25, 0.3) is 0 Å². The number of ketones is 2. The maximum Gasteiger partial charge on any atom is 0.161 e. The zero-order valence-corrected chi connectivity index (χ0v) is 18.5. The SMILES string of the molecule is CC(=O)c1ccc(N2CCC(CCN3CCN(CC(=O)C(C)(C)C)CC3)C2)nc1. The average Bonchev–Trinajstić information content (AvgIpc) is 3.16. The molecule has 2 aliphatic rings. The Morgan fingerprint density at radius 1 is 1.07 bits per heavy atom. The molecule has 1 atom stereocenters. The summed E-state index contributed by atoms with van der Waals surface area (Å²) in [4.78, 5) is 35.3. The van der Waals surface area contributed by atoms with Crippen molar-refractivity contribution in [2.75, 3.05) is 57.3 Å². The third-order valence-electron chi connectivity index (χ3n) is 6.29. The fraction of sp³-hybridized carbons (Fsp3) is 0.696. The molecule has 0 spiro atoms. The highest BCUT2D eigenvalue weighted by molar-refractivity contribution is 5.93. The Bertz CT molecular complexity index is 703. The van der Waals surface area contributed by atoms with Gasteiger partial charge in [-0.2, -0.15) is 0 Å². The van der Waals surface area contributed by atoms with Crippen LogP contribution in [-0.2, 0) is 4.79 Å². The highest BCUT2D eigenvalue weighted by atomic mass is 16.1. The van der Waals surface area contributed by atoms with E-state index >= 15 is 0 Å². The summed E-state index contributed by atoms with van der Waals surface area (Å²) < 4.78 is 0. The summed E-state index contributed by atoms with van der Waals surface area (Å²) in [6, 6.07) is 3.85. The van der Waals surface area contributed by atoms with Crippen LogP contribution in [0.2, 0.25) is 0 Å². The molecule has 2 saturated heterocycles. The van der Waals surface area contributed by atoms with E-state index in [0.717, 1.165) is 51.6 Å². The van der Waals surface area contributed by atoms with Crippen LogP contribution in [0.1, 0.15) is 50.9 Å². The molecule has 0 aliphatic carbocycles. The van der Waals surface area contributed by atoms with Crippen molar-refractivity contribution in [2.24, 2.45) is 11.3 Å². The van der Waals surface area contributed by atoms with Gasteiger partial charge in [0, 0.05) is 56.4 Å². The normalized spacial score (nSPS) is 21.5. The van der Waals surface area contributed by atoms with Gasteiger partial charge in [0.1, 0.15) is 5.82 Å². The maximum absolute atomic E-state index is 12.2. The highest BCUT2D eigenvalue weighted by Gasteiger charge is 2.27. The van der Waals surface area contributed by atoms with E-state index < -0.39 is 0 Å². The summed E-state index contributed by atoms with van der Waals surface area (Å²) in [5.41, 5.74) is 0.431. The first-order valence-electron chi connectivity index (χ1n) is 10.9. The van der Waals surface area contributed by atoms with E-state index in [-0.39, 0.29) is 11.2 Å². The summed E-state index contributed by atoms with van der Waals surface area (Å²) in [5, 5.41) is 0. The predicted molar refractivity (Wildman–Crippen MR) is 117 cm³/mol. The molecule has 2 aliphatic heterocycles. The van der Waals surface area contributed by atoms with E-state index in [1.807, 2.05) is 32.9 Å². The lowest BCUT2D eigenvalue weighted by Gasteiger charge is -2.35. The molecule has 1 aromatic heterocycles. The summed E-state index contributed by atoms with van der Waals surface area (Å²) in [7, 11) is 0. The summed E-state index contributed by atoms with van der Waals surface area (Å²) in [5.74, 6) is 2.08. The van der Waals surface area contributed by atoms with E-state index in [0.29, 0.717) is 23.8 Å². The molecule has 0 aromatic carbocycles.